The Bertz CT molecular complexity index is 798. The van der Waals surface area contributed by atoms with Crippen LogP contribution in [-0.4, -0.2) is 11.7 Å². The van der Waals surface area contributed by atoms with E-state index in [-0.39, 0.29) is 5.60 Å². The Hall–Kier alpha value is -2.48. The summed E-state index contributed by atoms with van der Waals surface area (Å²) in [5.74, 6) is 1.89. The van der Waals surface area contributed by atoms with Crippen molar-refractivity contribution in [1.29, 1.82) is 0 Å². The molecule has 0 atom stereocenters. The number of ether oxygens (including phenoxy) is 2. The van der Waals surface area contributed by atoms with E-state index >= 15 is 0 Å². The van der Waals surface area contributed by atoms with Gasteiger partial charge in [0.05, 0.1) is 6.10 Å². The standard InChI is InChI=1S/C26H32O2/c1-4-21-12-11-17-24(20-21)28-26(2,3)19-10-9-14-22-13-5-8-18-25(22)27-23-15-6-7-16-23/h4-5,8-9,11-14,17-18,20,23H,1,6-7,10,15-16,19H2,2-3H3/b14-9+. The fourth-order valence-electron chi connectivity index (χ4n) is 3.63. The minimum absolute atomic E-state index is 0.232. The Labute approximate surface area is 169 Å². The molecule has 0 heterocycles. The Morgan fingerprint density at radius 1 is 1.07 bits per heavy atom. The van der Waals surface area contributed by atoms with Gasteiger partial charge >= 0.3 is 0 Å². The molecule has 1 aliphatic carbocycles. The van der Waals surface area contributed by atoms with Crippen LogP contribution in [0.25, 0.3) is 12.2 Å². The van der Waals surface area contributed by atoms with Crippen molar-refractivity contribution in [3.8, 4) is 11.5 Å². The molecular weight excluding hydrogens is 344 g/mol. The highest BCUT2D eigenvalue weighted by atomic mass is 16.5. The van der Waals surface area contributed by atoms with Gasteiger partial charge in [-0.05, 0) is 76.1 Å². The molecule has 1 aliphatic rings. The van der Waals surface area contributed by atoms with Crippen LogP contribution in [-0.2, 0) is 0 Å². The number of benzene rings is 2. The molecular formula is C26H32O2. The predicted molar refractivity (Wildman–Crippen MR) is 119 cm³/mol. The average Bonchev–Trinajstić information content (AvgIpc) is 3.19. The predicted octanol–water partition coefficient (Wildman–Crippen LogP) is 7.30. The third kappa shape index (κ3) is 6.02. The Kier molecular flexibility index (Phi) is 6.97. The zero-order valence-corrected chi connectivity index (χ0v) is 17.2. The maximum atomic E-state index is 6.22. The van der Waals surface area contributed by atoms with E-state index in [1.807, 2.05) is 30.3 Å². The third-order valence-electron chi connectivity index (χ3n) is 5.21. The summed E-state index contributed by atoms with van der Waals surface area (Å²) in [4.78, 5) is 0. The molecule has 0 amide bonds. The zero-order chi connectivity index (χ0) is 19.8. The van der Waals surface area contributed by atoms with Gasteiger partial charge in [0, 0.05) is 5.56 Å². The molecule has 3 rings (SSSR count). The topological polar surface area (TPSA) is 18.5 Å². The first kappa shape index (κ1) is 20.3. The Balaban J connectivity index is 1.54. The van der Waals surface area contributed by atoms with E-state index in [2.05, 4.69) is 56.8 Å². The maximum Gasteiger partial charge on any atom is 0.126 e. The molecule has 2 heteroatoms. The second kappa shape index (κ2) is 9.64. The van der Waals surface area contributed by atoms with Crippen LogP contribution < -0.4 is 9.47 Å². The van der Waals surface area contributed by atoms with Gasteiger partial charge in [0.1, 0.15) is 17.1 Å². The van der Waals surface area contributed by atoms with Crippen molar-refractivity contribution >= 4 is 12.2 Å². The first-order chi connectivity index (χ1) is 13.6. The highest BCUT2D eigenvalue weighted by Gasteiger charge is 2.19. The van der Waals surface area contributed by atoms with Gasteiger partial charge in [-0.2, -0.15) is 0 Å². The second-order valence-electron chi connectivity index (χ2n) is 8.14. The minimum Gasteiger partial charge on any atom is -0.490 e. The quantitative estimate of drug-likeness (QED) is 0.457. The minimum atomic E-state index is -0.232. The number of rotatable bonds is 9. The fraction of sp³-hybridized carbons (Fsp3) is 0.385. The number of allylic oxidation sites excluding steroid dienone is 1. The molecule has 0 unspecified atom stereocenters. The van der Waals surface area contributed by atoms with Gasteiger partial charge < -0.3 is 9.47 Å². The van der Waals surface area contributed by atoms with E-state index in [9.17, 15) is 0 Å². The molecule has 2 aromatic carbocycles. The van der Waals surface area contributed by atoms with Crippen molar-refractivity contribution < 1.29 is 9.47 Å². The molecule has 0 saturated heterocycles. The van der Waals surface area contributed by atoms with Crippen molar-refractivity contribution in [1.82, 2.24) is 0 Å². The van der Waals surface area contributed by atoms with Crippen LogP contribution in [0.1, 0.15) is 63.5 Å². The SMILES string of the molecule is C=Cc1cccc(OC(C)(C)CC/C=C/c2ccccc2OC2CCCC2)c1. The van der Waals surface area contributed by atoms with E-state index in [0.717, 1.165) is 35.5 Å². The van der Waals surface area contributed by atoms with E-state index in [4.69, 9.17) is 9.47 Å². The molecule has 0 aliphatic heterocycles. The van der Waals surface area contributed by atoms with Crippen LogP contribution in [0, 0.1) is 0 Å². The smallest absolute Gasteiger partial charge is 0.126 e. The van der Waals surface area contributed by atoms with Gasteiger partial charge in [-0.3, -0.25) is 0 Å². The lowest BCUT2D eigenvalue weighted by Crippen LogP contribution is -2.27. The van der Waals surface area contributed by atoms with Crippen molar-refractivity contribution in [2.24, 2.45) is 0 Å². The molecule has 2 nitrogen and oxygen atoms in total. The molecule has 0 spiro atoms. The van der Waals surface area contributed by atoms with Crippen molar-refractivity contribution in [2.45, 2.75) is 64.1 Å². The first-order valence-electron chi connectivity index (χ1n) is 10.4. The Morgan fingerprint density at radius 3 is 2.64 bits per heavy atom. The zero-order valence-electron chi connectivity index (χ0n) is 17.2. The normalized spacial score (nSPS) is 15.1. The van der Waals surface area contributed by atoms with Gasteiger partial charge in [-0.15, -0.1) is 0 Å². The summed E-state index contributed by atoms with van der Waals surface area (Å²) in [6, 6.07) is 16.4. The summed E-state index contributed by atoms with van der Waals surface area (Å²) in [6.07, 6.45) is 13.4. The number of hydrogen-bond donors (Lipinski definition) is 0. The summed E-state index contributed by atoms with van der Waals surface area (Å²) in [5.41, 5.74) is 2.00. The number of hydrogen-bond acceptors (Lipinski definition) is 2. The molecule has 148 valence electrons. The second-order valence-corrected chi connectivity index (χ2v) is 8.14. The van der Waals surface area contributed by atoms with Crippen LogP contribution in [0.5, 0.6) is 11.5 Å². The van der Waals surface area contributed by atoms with E-state index in [1.165, 1.54) is 25.7 Å². The largest absolute Gasteiger partial charge is 0.490 e. The van der Waals surface area contributed by atoms with Crippen LogP contribution in [0.3, 0.4) is 0 Å². The van der Waals surface area contributed by atoms with Crippen molar-refractivity contribution in [3.63, 3.8) is 0 Å². The van der Waals surface area contributed by atoms with Crippen LogP contribution in [0.4, 0.5) is 0 Å². The lowest BCUT2D eigenvalue weighted by atomic mass is 10.0. The monoisotopic (exact) mass is 376 g/mol. The highest BCUT2D eigenvalue weighted by molar-refractivity contribution is 5.57. The molecule has 1 fully saturated rings. The van der Waals surface area contributed by atoms with Crippen LogP contribution >= 0.6 is 0 Å². The molecule has 2 aromatic rings. The highest BCUT2D eigenvalue weighted by Crippen LogP contribution is 2.28. The van der Waals surface area contributed by atoms with Crippen LogP contribution in [0.15, 0.2) is 61.2 Å². The van der Waals surface area contributed by atoms with Crippen LogP contribution in [0.2, 0.25) is 0 Å². The number of para-hydroxylation sites is 1. The van der Waals surface area contributed by atoms with E-state index < -0.39 is 0 Å². The van der Waals surface area contributed by atoms with Gasteiger partial charge in [0.2, 0.25) is 0 Å². The third-order valence-corrected chi connectivity index (χ3v) is 5.21. The van der Waals surface area contributed by atoms with E-state index in [1.54, 1.807) is 0 Å². The summed E-state index contributed by atoms with van der Waals surface area (Å²) in [6.45, 7) is 8.10. The molecule has 0 radical (unpaired) electrons. The fourth-order valence-corrected chi connectivity index (χ4v) is 3.63. The molecule has 28 heavy (non-hydrogen) atoms. The first-order valence-corrected chi connectivity index (χ1v) is 10.4. The Morgan fingerprint density at radius 2 is 1.86 bits per heavy atom. The summed E-state index contributed by atoms with van der Waals surface area (Å²) in [7, 11) is 0. The molecule has 0 bridgehead atoms. The van der Waals surface area contributed by atoms with Gasteiger partial charge in [-0.1, -0.05) is 55.1 Å². The summed E-state index contributed by atoms with van der Waals surface area (Å²) >= 11 is 0. The van der Waals surface area contributed by atoms with E-state index in [0.29, 0.717) is 6.10 Å². The molecule has 1 saturated carbocycles. The van der Waals surface area contributed by atoms with Gasteiger partial charge in [-0.25, -0.2) is 0 Å². The average molecular weight is 377 g/mol. The van der Waals surface area contributed by atoms with Gasteiger partial charge in [0.25, 0.3) is 0 Å². The lowest BCUT2D eigenvalue weighted by Gasteiger charge is -2.26. The van der Waals surface area contributed by atoms with Crippen molar-refractivity contribution in [2.75, 3.05) is 0 Å². The summed E-state index contributed by atoms with van der Waals surface area (Å²) < 4.78 is 12.4. The maximum absolute atomic E-state index is 6.22. The molecule has 0 N–H and O–H groups in total. The molecule has 0 aromatic heterocycles. The summed E-state index contributed by atoms with van der Waals surface area (Å²) in [5, 5.41) is 0. The van der Waals surface area contributed by atoms with Gasteiger partial charge in [0.15, 0.2) is 0 Å². The van der Waals surface area contributed by atoms with Crippen molar-refractivity contribution in [3.05, 3.63) is 72.3 Å². The lowest BCUT2D eigenvalue weighted by molar-refractivity contribution is 0.101.